The second-order valence-electron chi connectivity index (χ2n) is 5.80. The van der Waals surface area contributed by atoms with Gasteiger partial charge in [0.05, 0.1) is 0 Å². The van der Waals surface area contributed by atoms with Gasteiger partial charge in [0.15, 0.2) is 0 Å². The van der Waals surface area contributed by atoms with Crippen molar-refractivity contribution in [1.29, 1.82) is 0 Å². The Morgan fingerprint density at radius 1 is 1.25 bits per heavy atom. The molecule has 0 aromatic carbocycles. The van der Waals surface area contributed by atoms with Crippen LogP contribution in [0.4, 0.5) is 0 Å². The zero-order chi connectivity index (χ0) is 12.0. The third-order valence-corrected chi connectivity index (χ3v) is 4.00. The van der Waals surface area contributed by atoms with Crippen molar-refractivity contribution in [3.8, 4) is 0 Å². The lowest BCUT2D eigenvalue weighted by atomic mass is 9.85. The Labute approximate surface area is 102 Å². The quantitative estimate of drug-likeness (QED) is 0.718. The Bertz CT molecular complexity index is 183. The van der Waals surface area contributed by atoms with Crippen LogP contribution in [-0.4, -0.2) is 37.6 Å². The molecule has 2 nitrogen and oxygen atoms in total. The molecule has 0 aliphatic heterocycles. The summed E-state index contributed by atoms with van der Waals surface area (Å²) in [4.78, 5) is 2.67. The van der Waals surface area contributed by atoms with Crippen molar-refractivity contribution in [2.24, 2.45) is 5.41 Å². The molecular formula is C14H30N2. The lowest BCUT2D eigenvalue weighted by Crippen LogP contribution is -2.44. The maximum atomic E-state index is 3.41. The summed E-state index contributed by atoms with van der Waals surface area (Å²) in [7, 11) is 2.10. The van der Waals surface area contributed by atoms with Crippen LogP contribution in [0.3, 0.4) is 0 Å². The van der Waals surface area contributed by atoms with Gasteiger partial charge in [-0.15, -0.1) is 0 Å². The van der Waals surface area contributed by atoms with Gasteiger partial charge >= 0.3 is 0 Å². The fourth-order valence-corrected chi connectivity index (χ4v) is 3.13. The highest BCUT2D eigenvalue weighted by Gasteiger charge is 2.35. The van der Waals surface area contributed by atoms with Gasteiger partial charge in [0.2, 0.25) is 0 Å². The first kappa shape index (κ1) is 14.0. The second kappa shape index (κ2) is 6.61. The lowest BCUT2D eigenvalue weighted by Gasteiger charge is -2.37. The average molecular weight is 226 g/mol. The van der Waals surface area contributed by atoms with Gasteiger partial charge in [-0.1, -0.05) is 19.8 Å². The van der Waals surface area contributed by atoms with Crippen LogP contribution < -0.4 is 5.32 Å². The normalized spacial score (nSPS) is 19.9. The van der Waals surface area contributed by atoms with Crippen molar-refractivity contribution < 1.29 is 0 Å². The summed E-state index contributed by atoms with van der Waals surface area (Å²) >= 11 is 0. The topological polar surface area (TPSA) is 15.3 Å². The van der Waals surface area contributed by atoms with Gasteiger partial charge in [-0.2, -0.15) is 0 Å². The molecule has 0 spiro atoms. The summed E-state index contributed by atoms with van der Waals surface area (Å²) in [5.41, 5.74) is 0.564. The predicted molar refractivity (Wildman–Crippen MR) is 71.8 cm³/mol. The van der Waals surface area contributed by atoms with Gasteiger partial charge in [0.1, 0.15) is 0 Å². The molecule has 0 aromatic rings. The van der Waals surface area contributed by atoms with E-state index in [1.165, 1.54) is 51.7 Å². The van der Waals surface area contributed by atoms with Gasteiger partial charge in [-0.25, -0.2) is 0 Å². The molecule has 1 aliphatic rings. The van der Waals surface area contributed by atoms with Crippen molar-refractivity contribution in [1.82, 2.24) is 10.2 Å². The molecule has 96 valence electrons. The smallest absolute Gasteiger partial charge is 0.00528 e. The van der Waals surface area contributed by atoms with E-state index in [0.717, 1.165) is 0 Å². The number of rotatable bonds is 7. The van der Waals surface area contributed by atoms with Crippen LogP contribution >= 0.6 is 0 Å². The van der Waals surface area contributed by atoms with Crippen LogP contribution in [0.1, 0.15) is 52.9 Å². The van der Waals surface area contributed by atoms with Crippen molar-refractivity contribution in [3.05, 3.63) is 0 Å². The minimum absolute atomic E-state index is 0.564. The Morgan fingerprint density at radius 3 is 2.31 bits per heavy atom. The molecule has 0 aromatic heterocycles. The standard InChI is InChI=1S/C14H30N2/c1-5-10-16(13(2)3)12-14(11-15-4)8-6-7-9-14/h13,15H,5-12H2,1-4H3. The molecular weight excluding hydrogens is 196 g/mol. The maximum absolute atomic E-state index is 3.41. The minimum atomic E-state index is 0.564. The number of hydrogen-bond acceptors (Lipinski definition) is 2. The van der Waals surface area contributed by atoms with Crippen molar-refractivity contribution in [2.45, 2.75) is 58.9 Å². The molecule has 0 saturated heterocycles. The Balaban J connectivity index is 2.57. The fourth-order valence-electron chi connectivity index (χ4n) is 3.13. The zero-order valence-electron chi connectivity index (χ0n) is 11.7. The van der Waals surface area contributed by atoms with Crippen LogP contribution in [0.15, 0.2) is 0 Å². The first-order chi connectivity index (χ1) is 7.63. The molecule has 0 amide bonds. The van der Waals surface area contributed by atoms with Gasteiger partial charge in [0.25, 0.3) is 0 Å². The Morgan fingerprint density at radius 2 is 1.88 bits per heavy atom. The molecule has 1 N–H and O–H groups in total. The van der Waals surface area contributed by atoms with E-state index >= 15 is 0 Å². The summed E-state index contributed by atoms with van der Waals surface area (Å²) in [6, 6.07) is 0.689. The first-order valence-corrected chi connectivity index (χ1v) is 7.02. The third kappa shape index (κ3) is 3.74. The summed E-state index contributed by atoms with van der Waals surface area (Å²) in [5.74, 6) is 0. The molecule has 2 heteroatoms. The highest BCUT2D eigenvalue weighted by molar-refractivity contribution is 4.89. The second-order valence-corrected chi connectivity index (χ2v) is 5.80. The summed E-state index contributed by atoms with van der Waals surface area (Å²) in [6.07, 6.45) is 6.97. The van der Waals surface area contributed by atoms with E-state index in [9.17, 15) is 0 Å². The van der Waals surface area contributed by atoms with Crippen LogP contribution in [-0.2, 0) is 0 Å². The fraction of sp³-hybridized carbons (Fsp3) is 1.00. The maximum Gasteiger partial charge on any atom is 0.00528 e. The van der Waals surface area contributed by atoms with Crippen LogP contribution in [0.5, 0.6) is 0 Å². The highest BCUT2D eigenvalue weighted by atomic mass is 15.2. The molecule has 1 fully saturated rings. The molecule has 1 aliphatic carbocycles. The minimum Gasteiger partial charge on any atom is -0.319 e. The van der Waals surface area contributed by atoms with E-state index in [1.54, 1.807) is 0 Å². The van der Waals surface area contributed by atoms with Gasteiger partial charge in [0, 0.05) is 19.1 Å². The average Bonchev–Trinajstić information content (AvgIpc) is 2.66. The van der Waals surface area contributed by atoms with Gasteiger partial charge < -0.3 is 10.2 Å². The van der Waals surface area contributed by atoms with Crippen LogP contribution in [0, 0.1) is 5.41 Å². The van der Waals surface area contributed by atoms with Crippen LogP contribution in [0.2, 0.25) is 0 Å². The Hall–Kier alpha value is -0.0800. The van der Waals surface area contributed by atoms with E-state index in [1.807, 2.05) is 0 Å². The first-order valence-electron chi connectivity index (χ1n) is 7.02. The highest BCUT2D eigenvalue weighted by Crippen LogP contribution is 2.38. The molecule has 1 saturated carbocycles. The lowest BCUT2D eigenvalue weighted by molar-refractivity contribution is 0.123. The van der Waals surface area contributed by atoms with Crippen LogP contribution in [0.25, 0.3) is 0 Å². The Kier molecular flexibility index (Phi) is 5.77. The largest absolute Gasteiger partial charge is 0.319 e. The van der Waals surface area contributed by atoms with Crippen molar-refractivity contribution in [3.63, 3.8) is 0 Å². The van der Waals surface area contributed by atoms with Crippen molar-refractivity contribution in [2.75, 3.05) is 26.7 Å². The molecule has 0 unspecified atom stereocenters. The summed E-state index contributed by atoms with van der Waals surface area (Å²) in [6.45, 7) is 10.7. The number of nitrogens with one attached hydrogen (secondary N) is 1. The molecule has 0 heterocycles. The van der Waals surface area contributed by atoms with E-state index in [-0.39, 0.29) is 0 Å². The predicted octanol–water partition coefficient (Wildman–Crippen LogP) is 2.89. The monoisotopic (exact) mass is 226 g/mol. The molecule has 0 radical (unpaired) electrons. The van der Waals surface area contributed by atoms with Crippen molar-refractivity contribution >= 4 is 0 Å². The summed E-state index contributed by atoms with van der Waals surface area (Å²) < 4.78 is 0. The zero-order valence-corrected chi connectivity index (χ0v) is 11.7. The summed E-state index contributed by atoms with van der Waals surface area (Å²) in [5, 5.41) is 3.41. The molecule has 0 atom stereocenters. The molecule has 0 bridgehead atoms. The van der Waals surface area contributed by atoms with E-state index in [2.05, 4.69) is 38.0 Å². The van der Waals surface area contributed by atoms with Gasteiger partial charge in [-0.05, 0) is 52.1 Å². The number of nitrogens with zero attached hydrogens (tertiary/aromatic N) is 1. The van der Waals surface area contributed by atoms with E-state index in [0.29, 0.717) is 11.5 Å². The molecule has 1 rings (SSSR count). The van der Waals surface area contributed by atoms with E-state index in [4.69, 9.17) is 0 Å². The SMILES string of the molecule is CCCN(CC1(CNC)CCCC1)C(C)C. The van der Waals surface area contributed by atoms with E-state index < -0.39 is 0 Å². The number of hydrogen-bond donors (Lipinski definition) is 1. The molecule has 16 heavy (non-hydrogen) atoms. The third-order valence-electron chi connectivity index (χ3n) is 4.00. The van der Waals surface area contributed by atoms with Gasteiger partial charge in [-0.3, -0.25) is 0 Å².